The fourth-order valence-electron chi connectivity index (χ4n) is 2.63. The number of nitrogens with zero attached hydrogens (tertiary/aromatic N) is 1. The van der Waals surface area contributed by atoms with Gasteiger partial charge in [-0.15, -0.1) is 0 Å². The Morgan fingerprint density at radius 1 is 1.35 bits per heavy atom. The van der Waals surface area contributed by atoms with E-state index >= 15 is 0 Å². The van der Waals surface area contributed by atoms with Crippen molar-refractivity contribution in [2.24, 2.45) is 0 Å². The van der Waals surface area contributed by atoms with E-state index in [1.165, 1.54) is 6.92 Å². The summed E-state index contributed by atoms with van der Waals surface area (Å²) in [5.41, 5.74) is 0.650. The first kappa shape index (κ1) is 14.9. The third-order valence-electron chi connectivity index (χ3n) is 3.59. The Morgan fingerprint density at radius 2 is 2.05 bits per heavy atom. The van der Waals surface area contributed by atoms with E-state index in [-0.39, 0.29) is 24.4 Å². The largest absolute Gasteiger partial charge is 0.331 e. The molecule has 1 saturated carbocycles. The molecule has 108 valence electrons. The van der Waals surface area contributed by atoms with Gasteiger partial charge in [0.2, 0.25) is 11.8 Å². The normalized spacial score (nSPS) is 15.1. The molecule has 4 nitrogen and oxygen atoms in total. The SMILES string of the molecule is CC(=O)N(CC(=O)Nc1cccc(Cl)c1)C1CCCC1. The Labute approximate surface area is 124 Å². The third kappa shape index (κ3) is 3.97. The highest BCUT2D eigenvalue weighted by Crippen LogP contribution is 2.23. The number of amides is 2. The molecule has 1 aliphatic carbocycles. The lowest BCUT2D eigenvalue weighted by Crippen LogP contribution is -2.42. The lowest BCUT2D eigenvalue weighted by atomic mass is 10.2. The number of nitrogens with one attached hydrogen (secondary N) is 1. The third-order valence-corrected chi connectivity index (χ3v) is 3.83. The highest BCUT2D eigenvalue weighted by molar-refractivity contribution is 6.30. The Morgan fingerprint density at radius 3 is 2.65 bits per heavy atom. The molecule has 0 atom stereocenters. The van der Waals surface area contributed by atoms with Gasteiger partial charge in [0.15, 0.2) is 0 Å². The Balaban J connectivity index is 1.96. The van der Waals surface area contributed by atoms with Crippen LogP contribution in [0.3, 0.4) is 0 Å². The lowest BCUT2D eigenvalue weighted by Gasteiger charge is -2.27. The molecule has 0 spiro atoms. The molecule has 1 aromatic rings. The maximum Gasteiger partial charge on any atom is 0.244 e. The first-order valence-corrected chi connectivity index (χ1v) is 7.26. The number of carbonyl (C=O) groups excluding carboxylic acids is 2. The Kier molecular flexibility index (Phi) is 5.01. The second kappa shape index (κ2) is 6.75. The number of benzene rings is 1. The molecule has 0 radical (unpaired) electrons. The van der Waals surface area contributed by atoms with E-state index in [0.29, 0.717) is 10.7 Å². The van der Waals surface area contributed by atoms with Crippen molar-refractivity contribution in [3.05, 3.63) is 29.3 Å². The van der Waals surface area contributed by atoms with Gasteiger partial charge < -0.3 is 10.2 Å². The van der Waals surface area contributed by atoms with Crippen LogP contribution in [0.5, 0.6) is 0 Å². The van der Waals surface area contributed by atoms with Crippen molar-refractivity contribution in [1.82, 2.24) is 4.90 Å². The summed E-state index contributed by atoms with van der Waals surface area (Å²) in [5.74, 6) is -0.229. The van der Waals surface area contributed by atoms with Crippen molar-refractivity contribution in [1.29, 1.82) is 0 Å². The highest BCUT2D eigenvalue weighted by atomic mass is 35.5. The molecular formula is C15H19ClN2O2. The van der Waals surface area contributed by atoms with Crippen molar-refractivity contribution in [3.63, 3.8) is 0 Å². The lowest BCUT2D eigenvalue weighted by molar-refractivity contribution is -0.135. The van der Waals surface area contributed by atoms with Crippen molar-refractivity contribution in [2.45, 2.75) is 38.6 Å². The standard InChI is InChI=1S/C15H19ClN2O2/c1-11(19)18(14-7-2-3-8-14)10-15(20)17-13-6-4-5-12(16)9-13/h4-6,9,14H,2-3,7-8,10H2,1H3,(H,17,20). The van der Waals surface area contributed by atoms with Gasteiger partial charge in [-0.1, -0.05) is 30.5 Å². The number of halogens is 1. The molecule has 20 heavy (non-hydrogen) atoms. The summed E-state index contributed by atoms with van der Waals surface area (Å²) < 4.78 is 0. The van der Waals surface area contributed by atoms with Gasteiger partial charge in [0, 0.05) is 23.7 Å². The van der Waals surface area contributed by atoms with Crippen LogP contribution in [0.4, 0.5) is 5.69 Å². The maximum absolute atomic E-state index is 12.0. The average Bonchev–Trinajstić information content (AvgIpc) is 2.89. The molecule has 0 unspecified atom stereocenters. The van der Waals surface area contributed by atoms with Crippen LogP contribution in [0.25, 0.3) is 0 Å². The van der Waals surface area contributed by atoms with E-state index in [0.717, 1.165) is 25.7 Å². The Hall–Kier alpha value is -1.55. The van der Waals surface area contributed by atoms with Crippen LogP contribution in [-0.4, -0.2) is 29.3 Å². The zero-order valence-corrected chi connectivity index (χ0v) is 12.3. The van der Waals surface area contributed by atoms with E-state index < -0.39 is 0 Å². The van der Waals surface area contributed by atoms with E-state index in [4.69, 9.17) is 11.6 Å². The number of carbonyl (C=O) groups is 2. The highest BCUT2D eigenvalue weighted by Gasteiger charge is 2.26. The van der Waals surface area contributed by atoms with E-state index in [2.05, 4.69) is 5.32 Å². The molecule has 1 N–H and O–H groups in total. The molecule has 0 bridgehead atoms. The van der Waals surface area contributed by atoms with Crippen molar-refractivity contribution in [2.75, 3.05) is 11.9 Å². The monoisotopic (exact) mass is 294 g/mol. The van der Waals surface area contributed by atoms with Crippen molar-refractivity contribution >= 4 is 29.1 Å². The van der Waals surface area contributed by atoms with Crippen molar-refractivity contribution in [3.8, 4) is 0 Å². The van der Waals surface area contributed by atoms with Crippen LogP contribution in [0.2, 0.25) is 5.02 Å². The summed E-state index contributed by atoms with van der Waals surface area (Å²) in [7, 11) is 0. The van der Waals surface area contributed by atoms with Crippen LogP contribution >= 0.6 is 11.6 Å². The van der Waals surface area contributed by atoms with Crippen molar-refractivity contribution < 1.29 is 9.59 Å². The molecular weight excluding hydrogens is 276 g/mol. The molecule has 1 fully saturated rings. The minimum Gasteiger partial charge on any atom is -0.331 e. The Bertz CT molecular complexity index is 498. The molecule has 2 amide bonds. The molecule has 0 aromatic heterocycles. The van der Waals surface area contributed by atoms with Crippen LogP contribution in [-0.2, 0) is 9.59 Å². The zero-order valence-electron chi connectivity index (χ0n) is 11.6. The minimum absolute atomic E-state index is 0.0434. The van der Waals surface area contributed by atoms with E-state index in [1.54, 1.807) is 29.2 Å². The van der Waals surface area contributed by atoms with E-state index in [9.17, 15) is 9.59 Å². The molecule has 2 rings (SSSR count). The summed E-state index contributed by atoms with van der Waals surface area (Å²) in [4.78, 5) is 25.4. The van der Waals surface area contributed by atoms with E-state index in [1.807, 2.05) is 0 Å². The number of hydrogen-bond donors (Lipinski definition) is 1. The first-order chi connectivity index (χ1) is 9.56. The van der Waals surface area contributed by atoms with Crippen LogP contribution in [0.15, 0.2) is 24.3 Å². The number of rotatable bonds is 4. The summed E-state index contributed by atoms with van der Waals surface area (Å²) in [6, 6.07) is 7.19. The summed E-state index contributed by atoms with van der Waals surface area (Å²) >= 11 is 5.87. The van der Waals surface area contributed by atoms with Gasteiger partial charge >= 0.3 is 0 Å². The zero-order chi connectivity index (χ0) is 14.5. The molecule has 1 aromatic carbocycles. The van der Waals surface area contributed by atoms with Crippen LogP contribution in [0, 0.1) is 0 Å². The number of anilines is 1. The smallest absolute Gasteiger partial charge is 0.244 e. The molecule has 0 heterocycles. The second-order valence-corrected chi connectivity index (χ2v) is 5.58. The van der Waals surface area contributed by atoms with Gasteiger partial charge in [0.05, 0.1) is 0 Å². The van der Waals surface area contributed by atoms with Gasteiger partial charge in [-0.3, -0.25) is 9.59 Å². The van der Waals surface area contributed by atoms with Gasteiger partial charge in [-0.05, 0) is 31.0 Å². The van der Waals surface area contributed by atoms with Gasteiger partial charge in [0.1, 0.15) is 6.54 Å². The number of hydrogen-bond acceptors (Lipinski definition) is 2. The average molecular weight is 295 g/mol. The molecule has 1 aliphatic rings. The first-order valence-electron chi connectivity index (χ1n) is 6.89. The quantitative estimate of drug-likeness (QED) is 0.928. The summed E-state index contributed by atoms with van der Waals surface area (Å²) in [6.07, 6.45) is 4.24. The predicted octanol–water partition coefficient (Wildman–Crippen LogP) is 3.07. The fourth-order valence-corrected chi connectivity index (χ4v) is 2.83. The van der Waals surface area contributed by atoms with Gasteiger partial charge in [-0.25, -0.2) is 0 Å². The topological polar surface area (TPSA) is 49.4 Å². The fraction of sp³-hybridized carbons (Fsp3) is 0.467. The summed E-state index contributed by atoms with van der Waals surface area (Å²) in [6.45, 7) is 1.62. The second-order valence-electron chi connectivity index (χ2n) is 5.14. The predicted molar refractivity (Wildman–Crippen MR) is 79.7 cm³/mol. The van der Waals surface area contributed by atoms with Crippen LogP contribution in [0.1, 0.15) is 32.6 Å². The van der Waals surface area contributed by atoms with Gasteiger partial charge in [-0.2, -0.15) is 0 Å². The molecule has 0 aliphatic heterocycles. The molecule has 5 heteroatoms. The van der Waals surface area contributed by atoms with Gasteiger partial charge in [0.25, 0.3) is 0 Å². The maximum atomic E-state index is 12.0. The van der Waals surface area contributed by atoms with Crippen LogP contribution < -0.4 is 5.32 Å². The summed E-state index contributed by atoms with van der Waals surface area (Å²) in [5, 5.41) is 3.35. The minimum atomic E-state index is -0.186. The molecule has 0 saturated heterocycles.